The third kappa shape index (κ3) is 3.45. The van der Waals surface area contributed by atoms with Crippen LogP contribution in [-0.4, -0.2) is 16.1 Å². The Bertz CT molecular complexity index is 534. The normalized spacial score (nSPS) is 10.9. The van der Waals surface area contributed by atoms with Crippen LogP contribution in [0.4, 0.5) is 0 Å². The molecule has 0 unspecified atom stereocenters. The highest BCUT2D eigenvalue weighted by Crippen LogP contribution is 2.23. The molecule has 0 bridgehead atoms. The van der Waals surface area contributed by atoms with Crippen LogP contribution in [0.3, 0.4) is 0 Å². The summed E-state index contributed by atoms with van der Waals surface area (Å²) in [6.07, 6.45) is 5.95. The van der Waals surface area contributed by atoms with Gasteiger partial charge in [-0.3, -0.25) is 0 Å². The van der Waals surface area contributed by atoms with E-state index in [0.717, 1.165) is 41.9 Å². The van der Waals surface area contributed by atoms with Crippen LogP contribution in [0, 0.1) is 0 Å². The van der Waals surface area contributed by atoms with Crippen LogP contribution in [0.2, 0.25) is 0 Å². The standard InChI is InChI=1S/C15H20BrN3/c1-3-7-17-11-12-5-6-14(13(16)10-12)19-9-8-18-15(19)4-2/h5-6,8-10,17H,3-4,7,11H2,1-2H3. The van der Waals surface area contributed by atoms with Crippen molar-refractivity contribution in [2.24, 2.45) is 0 Å². The number of nitrogens with zero attached hydrogens (tertiary/aromatic N) is 2. The molecule has 1 aromatic heterocycles. The average molecular weight is 322 g/mol. The van der Waals surface area contributed by atoms with Crippen LogP contribution in [0.5, 0.6) is 0 Å². The molecule has 0 aliphatic carbocycles. The third-order valence-corrected chi connectivity index (χ3v) is 3.70. The molecule has 1 heterocycles. The van der Waals surface area contributed by atoms with Crippen molar-refractivity contribution in [1.29, 1.82) is 0 Å². The fraction of sp³-hybridized carbons (Fsp3) is 0.400. The van der Waals surface area contributed by atoms with Crippen LogP contribution in [0.15, 0.2) is 35.1 Å². The van der Waals surface area contributed by atoms with Gasteiger partial charge >= 0.3 is 0 Å². The molecule has 0 saturated carbocycles. The van der Waals surface area contributed by atoms with Crippen LogP contribution in [-0.2, 0) is 13.0 Å². The quantitative estimate of drug-likeness (QED) is 0.822. The van der Waals surface area contributed by atoms with Gasteiger partial charge in [0.25, 0.3) is 0 Å². The van der Waals surface area contributed by atoms with Crippen molar-refractivity contribution in [3.8, 4) is 5.69 Å². The fourth-order valence-electron chi connectivity index (χ4n) is 2.08. The second-order valence-corrected chi connectivity index (χ2v) is 5.38. The van der Waals surface area contributed by atoms with Crippen LogP contribution in [0.25, 0.3) is 5.69 Å². The number of hydrogen-bond acceptors (Lipinski definition) is 2. The van der Waals surface area contributed by atoms with Gasteiger partial charge in [0.05, 0.1) is 5.69 Å². The van der Waals surface area contributed by atoms with Crippen LogP contribution >= 0.6 is 15.9 Å². The fourth-order valence-corrected chi connectivity index (χ4v) is 2.70. The van der Waals surface area contributed by atoms with E-state index in [1.807, 2.05) is 12.4 Å². The predicted molar refractivity (Wildman–Crippen MR) is 82.6 cm³/mol. The van der Waals surface area contributed by atoms with Crippen molar-refractivity contribution < 1.29 is 0 Å². The van der Waals surface area contributed by atoms with Gasteiger partial charge < -0.3 is 9.88 Å². The van der Waals surface area contributed by atoms with Gasteiger partial charge in [-0.2, -0.15) is 0 Å². The van der Waals surface area contributed by atoms with E-state index in [4.69, 9.17) is 0 Å². The Balaban J connectivity index is 2.19. The summed E-state index contributed by atoms with van der Waals surface area (Å²) in [6.45, 7) is 6.27. The molecule has 3 nitrogen and oxygen atoms in total. The van der Waals surface area contributed by atoms with Gasteiger partial charge in [0, 0.05) is 29.8 Å². The maximum absolute atomic E-state index is 4.37. The van der Waals surface area contributed by atoms with Gasteiger partial charge in [-0.05, 0) is 46.6 Å². The van der Waals surface area contributed by atoms with Crippen molar-refractivity contribution in [1.82, 2.24) is 14.9 Å². The van der Waals surface area contributed by atoms with E-state index in [1.54, 1.807) is 0 Å². The molecule has 4 heteroatoms. The molecule has 0 amide bonds. The lowest BCUT2D eigenvalue weighted by molar-refractivity contribution is 0.675. The molecule has 0 spiro atoms. The Hall–Kier alpha value is -1.13. The zero-order chi connectivity index (χ0) is 13.7. The van der Waals surface area contributed by atoms with Gasteiger partial charge in [-0.25, -0.2) is 4.98 Å². The number of rotatable bonds is 6. The number of imidazole rings is 1. The number of hydrogen-bond donors (Lipinski definition) is 1. The van der Waals surface area contributed by atoms with Crippen LogP contribution in [0.1, 0.15) is 31.7 Å². The Labute approximate surface area is 123 Å². The van der Waals surface area contributed by atoms with Gasteiger partial charge in [0.15, 0.2) is 0 Å². The molecule has 1 aromatic carbocycles. The van der Waals surface area contributed by atoms with E-state index in [9.17, 15) is 0 Å². The number of nitrogens with one attached hydrogen (secondary N) is 1. The lowest BCUT2D eigenvalue weighted by Crippen LogP contribution is -2.13. The summed E-state index contributed by atoms with van der Waals surface area (Å²) in [5.74, 6) is 1.08. The Morgan fingerprint density at radius 3 is 2.84 bits per heavy atom. The van der Waals surface area contributed by atoms with Crippen molar-refractivity contribution in [2.75, 3.05) is 6.54 Å². The molecule has 0 fully saturated rings. The minimum absolute atomic E-state index is 0.914. The molecule has 2 rings (SSSR count). The monoisotopic (exact) mass is 321 g/mol. The number of aryl methyl sites for hydroxylation is 1. The maximum Gasteiger partial charge on any atom is 0.112 e. The highest BCUT2D eigenvalue weighted by Gasteiger charge is 2.07. The average Bonchev–Trinajstić information content (AvgIpc) is 2.87. The van der Waals surface area contributed by atoms with Gasteiger partial charge in [-0.15, -0.1) is 0 Å². The molecular formula is C15H20BrN3. The molecule has 0 aliphatic rings. The first-order chi connectivity index (χ1) is 9.26. The van der Waals surface area contributed by atoms with E-state index in [-0.39, 0.29) is 0 Å². The van der Waals surface area contributed by atoms with Crippen molar-refractivity contribution in [2.45, 2.75) is 33.2 Å². The van der Waals surface area contributed by atoms with Gasteiger partial charge in [-0.1, -0.05) is 19.9 Å². The lowest BCUT2D eigenvalue weighted by Gasteiger charge is -2.11. The van der Waals surface area contributed by atoms with E-state index in [2.05, 4.69) is 62.8 Å². The molecule has 1 N–H and O–H groups in total. The van der Waals surface area contributed by atoms with Crippen LogP contribution < -0.4 is 5.32 Å². The molecule has 0 atom stereocenters. The highest BCUT2D eigenvalue weighted by atomic mass is 79.9. The second kappa shape index (κ2) is 6.87. The summed E-state index contributed by atoms with van der Waals surface area (Å²) in [6, 6.07) is 6.49. The molecule has 0 saturated heterocycles. The summed E-state index contributed by atoms with van der Waals surface area (Å²) in [7, 11) is 0. The van der Waals surface area contributed by atoms with Crippen molar-refractivity contribution in [3.05, 3.63) is 46.5 Å². The van der Waals surface area contributed by atoms with E-state index in [0.29, 0.717) is 0 Å². The minimum Gasteiger partial charge on any atom is -0.313 e. The third-order valence-electron chi connectivity index (χ3n) is 3.06. The number of aromatic nitrogens is 2. The van der Waals surface area contributed by atoms with Gasteiger partial charge in [0.1, 0.15) is 5.82 Å². The topological polar surface area (TPSA) is 29.9 Å². The predicted octanol–water partition coefficient (Wildman–Crippen LogP) is 3.70. The molecule has 0 aliphatic heterocycles. The summed E-state index contributed by atoms with van der Waals surface area (Å²) < 4.78 is 3.24. The largest absolute Gasteiger partial charge is 0.313 e. The Kier molecular flexibility index (Phi) is 5.16. The lowest BCUT2D eigenvalue weighted by atomic mass is 10.2. The zero-order valence-electron chi connectivity index (χ0n) is 11.5. The first kappa shape index (κ1) is 14.3. The summed E-state index contributed by atoms with van der Waals surface area (Å²) in [4.78, 5) is 4.37. The molecule has 0 radical (unpaired) electrons. The smallest absolute Gasteiger partial charge is 0.112 e. The van der Waals surface area contributed by atoms with E-state index in [1.165, 1.54) is 5.56 Å². The van der Waals surface area contributed by atoms with Gasteiger partial charge in [0.2, 0.25) is 0 Å². The molecular weight excluding hydrogens is 302 g/mol. The Morgan fingerprint density at radius 1 is 1.32 bits per heavy atom. The second-order valence-electron chi connectivity index (χ2n) is 4.53. The summed E-state index contributed by atoms with van der Waals surface area (Å²) >= 11 is 3.66. The first-order valence-corrected chi connectivity index (χ1v) is 7.57. The van der Waals surface area contributed by atoms with Crippen molar-refractivity contribution >= 4 is 15.9 Å². The summed E-state index contributed by atoms with van der Waals surface area (Å²) in [5.41, 5.74) is 2.44. The SMILES string of the molecule is CCCNCc1ccc(-n2ccnc2CC)c(Br)c1. The molecule has 102 valence electrons. The Morgan fingerprint density at radius 2 is 2.16 bits per heavy atom. The number of halogens is 1. The number of benzene rings is 1. The summed E-state index contributed by atoms with van der Waals surface area (Å²) in [5, 5.41) is 3.42. The minimum atomic E-state index is 0.914. The first-order valence-electron chi connectivity index (χ1n) is 6.78. The molecule has 19 heavy (non-hydrogen) atoms. The molecule has 2 aromatic rings. The highest BCUT2D eigenvalue weighted by molar-refractivity contribution is 9.10. The van der Waals surface area contributed by atoms with E-state index >= 15 is 0 Å². The van der Waals surface area contributed by atoms with Crippen molar-refractivity contribution in [3.63, 3.8) is 0 Å². The maximum atomic E-state index is 4.37. The van der Waals surface area contributed by atoms with E-state index < -0.39 is 0 Å². The zero-order valence-corrected chi connectivity index (χ0v) is 13.1.